The van der Waals surface area contributed by atoms with E-state index in [2.05, 4.69) is 5.18 Å². The second-order valence-corrected chi connectivity index (χ2v) is 5.41. The zero-order chi connectivity index (χ0) is 13.8. The van der Waals surface area contributed by atoms with Crippen LogP contribution in [0.2, 0.25) is 5.02 Å². The second kappa shape index (κ2) is 5.99. The topological polar surface area (TPSA) is 46.5 Å². The molecule has 0 aliphatic rings. The van der Waals surface area contributed by atoms with E-state index in [1.807, 2.05) is 12.1 Å². The highest BCUT2D eigenvalue weighted by Crippen LogP contribution is 2.35. The van der Waals surface area contributed by atoms with Gasteiger partial charge in [-0.1, -0.05) is 29.4 Å². The molecule has 19 heavy (non-hydrogen) atoms. The number of ketones is 1. The fraction of sp³-hybridized carbons (Fsp3) is 0.0714. The van der Waals surface area contributed by atoms with Crippen LogP contribution in [0.15, 0.2) is 57.4 Å². The van der Waals surface area contributed by atoms with E-state index in [0.29, 0.717) is 15.5 Å². The van der Waals surface area contributed by atoms with E-state index in [1.54, 1.807) is 24.3 Å². The molecule has 0 N–H and O–H groups in total. The molecule has 5 heteroatoms. The van der Waals surface area contributed by atoms with Gasteiger partial charge in [0.15, 0.2) is 5.78 Å². The Labute approximate surface area is 120 Å². The Bertz CT molecular complexity index is 626. The van der Waals surface area contributed by atoms with Crippen LogP contribution >= 0.6 is 23.4 Å². The Morgan fingerprint density at radius 2 is 1.84 bits per heavy atom. The summed E-state index contributed by atoms with van der Waals surface area (Å²) in [4.78, 5) is 24.1. The maximum atomic E-state index is 11.7. The number of nitroso groups, excluding NO2 is 1. The van der Waals surface area contributed by atoms with E-state index < -0.39 is 0 Å². The number of hydrogen-bond donors (Lipinski definition) is 0. The van der Waals surface area contributed by atoms with Gasteiger partial charge in [0.05, 0.1) is 5.56 Å². The van der Waals surface area contributed by atoms with Gasteiger partial charge in [-0.25, -0.2) is 0 Å². The summed E-state index contributed by atoms with van der Waals surface area (Å²) in [6.07, 6.45) is 0. The van der Waals surface area contributed by atoms with Crippen LogP contribution in [0, 0.1) is 4.91 Å². The molecular formula is C14H10ClNO2S. The molecule has 0 radical (unpaired) electrons. The molecule has 0 aliphatic carbocycles. The first-order chi connectivity index (χ1) is 9.11. The average molecular weight is 292 g/mol. The molecule has 0 unspecified atom stereocenters. The van der Waals surface area contributed by atoms with E-state index in [-0.39, 0.29) is 11.5 Å². The summed E-state index contributed by atoms with van der Waals surface area (Å²) in [5.41, 5.74) is 0.531. The smallest absolute Gasteiger partial charge is 0.163 e. The van der Waals surface area contributed by atoms with Gasteiger partial charge in [0.1, 0.15) is 5.69 Å². The lowest BCUT2D eigenvalue weighted by Gasteiger charge is -2.08. The molecule has 96 valence electrons. The van der Waals surface area contributed by atoms with Gasteiger partial charge < -0.3 is 0 Å². The Morgan fingerprint density at radius 3 is 2.42 bits per heavy atom. The number of Topliss-reactive ketones (excluding diaryl/α,β-unsaturated/α-hetero) is 1. The van der Waals surface area contributed by atoms with Gasteiger partial charge in [-0.2, -0.15) is 0 Å². The molecule has 0 atom stereocenters. The fourth-order valence-corrected chi connectivity index (χ4v) is 2.81. The molecule has 0 aliphatic heterocycles. The number of benzene rings is 2. The molecule has 0 spiro atoms. The molecule has 0 heterocycles. The van der Waals surface area contributed by atoms with Crippen molar-refractivity contribution in [3.05, 3.63) is 58.0 Å². The van der Waals surface area contributed by atoms with Crippen LogP contribution in [0.3, 0.4) is 0 Å². The normalized spacial score (nSPS) is 10.2. The maximum Gasteiger partial charge on any atom is 0.163 e. The highest BCUT2D eigenvalue weighted by molar-refractivity contribution is 7.99. The molecule has 2 rings (SSSR count). The molecule has 0 amide bonds. The molecule has 0 saturated heterocycles. The quantitative estimate of drug-likeness (QED) is 0.582. The van der Waals surface area contributed by atoms with Crippen molar-refractivity contribution in [1.29, 1.82) is 0 Å². The lowest BCUT2D eigenvalue weighted by Crippen LogP contribution is -1.95. The highest BCUT2D eigenvalue weighted by Gasteiger charge is 2.14. The number of carbonyl (C=O) groups is 1. The molecular weight excluding hydrogens is 282 g/mol. The molecule has 3 nitrogen and oxygen atoms in total. The summed E-state index contributed by atoms with van der Waals surface area (Å²) < 4.78 is 0. The minimum atomic E-state index is -0.174. The zero-order valence-electron chi connectivity index (χ0n) is 10.1. The van der Waals surface area contributed by atoms with E-state index in [1.165, 1.54) is 24.8 Å². The third-order valence-electron chi connectivity index (χ3n) is 2.50. The first-order valence-corrected chi connectivity index (χ1v) is 6.72. The number of rotatable bonds is 4. The summed E-state index contributed by atoms with van der Waals surface area (Å²) in [6, 6.07) is 12.3. The summed E-state index contributed by atoms with van der Waals surface area (Å²) in [7, 11) is 0. The first-order valence-electron chi connectivity index (χ1n) is 5.52. The van der Waals surface area contributed by atoms with Crippen LogP contribution in [0.25, 0.3) is 0 Å². The average Bonchev–Trinajstić information content (AvgIpc) is 2.40. The van der Waals surface area contributed by atoms with Gasteiger partial charge in [0, 0.05) is 14.8 Å². The van der Waals surface area contributed by atoms with E-state index in [9.17, 15) is 9.70 Å². The Kier molecular flexibility index (Phi) is 4.35. The molecule has 0 bridgehead atoms. The molecule has 0 fully saturated rings. The summed E-state index contributed by atoms with van der Waals surface area (Å²) >= 11 is 7.23. The number of carbonyl (C=O) groups excluding carboxylic acids is 1. The van der Waals surface area contributed by atoms with Crippen LogP contribution in [-0.4, -0.2) is 5.78 Å². The molecule has 2 aromatic rings. The van der Waals surface area contributed by atoms with Crippen molar-refractivity contribution >= 4 is 34.8 Å². The zero-order valence-corrected chi connectivity index (χ0v) is 11.7. The SMILES string of the molecule is CC(=O)c1c(N=O)cccc1Sc1ccc(Cl)cc1. The van der Waals surface area contributed by atoms with Crippen molar-refractivity contribution in [2.75, 3.05) is 0 Å². The summed E-state index contributed by atoms with van der Waals surface area (Å²) in [5, 5.41) is 3.56. The van der Waals surface area contributed by atoms with Gasteiger partial charge in [-0.05, 0) is 48.5 Å². The fourth-order valence-electron chi connectivity index (χ4n) is 1.66. The molecule has 0 aromatic heterocycles. The highest BCUT2D eigenvalue weighted by atomic mass is 35.5. The van der Waals surface area contributed by atoms with E-state index >= 15 is 0 Å². The van der Waals surface area contributed by atoms with Crippen LogP contribution in [0.4, 0.5) is 5.69 Å². The Balaban J connectivity index is 2.42. The van der Waals surface area contributed by atoms with Gasteiger partial charge >= 0.3 is 0 Å². The van der Waals surface area contributed by atoms with Crippen molar-refractivity contribution in [3.8, 4) is 0 Å². The second-order valence-electron chi connectivity index (χ2n) is 3.85. The van der Waals surface area contributed by atoms with Crippen LogP contribution in [0.1, 0.15) is 17.3 Å². The minimum absolute atomic E-state index is 0.173. The Morgan fingerprint density at radius 1 is 1.16 bits per heavy atom. The predicted molar refractivity (Wildman–Crippen MR) is 77.5 cm³/mol. The summed E-state index contributed by atoms with van der Waals surface area (Å²) in [6.45, 7) is 1.43. The van der Waals surface area contributed by atoms with Gasteiger partial charge in [0.25, 0.3) is 0 Å². The lowest BCUT2D eigenvalue weighted by molar-refractivity contribution is 0.101. The first kappa shape index (κ1) is 13.8. The van der Waals surface area contributed by atoms with Gasteiger partial charge in [-0.3, -0.25) is 4.79 Å². The third kappa shape index (κ3) is 3.22. The molecule has 2 aromatic carbocycles. The number of nitrogens with zero attached hydrogens (tertiary/aromatic N) is 1. The van der Waals surface area contributed by atoms with Crippen LogP contribution < -0.4 is 0 Å². The van der Waals surface area contributed by atoms with Crippen molar-refractivity contribution in [3.63, 3.8) is 0 Å². The third-order valence-corrected chi connectivity index (χ3v) is 3.82. The van der Waals surface area contributed by atoms with Crippen molar-refractivity contribution < 1.29 is 4.79 Å². The Hall–Kier alpha value is -1.65. The van der Waals surface area contributed by atoms with Gasteiger partial charge in [0.2, 0.25) is 0 Å². The molecule has 0 saturated carbocycles. The predicted octanol–water partition coefficient (Wildman–Crippen LogP) is 5.09. The lowest BCUT2D eigenvalue weighted by atomic mass is 10.1. The van der Waals surface area contributed by atoms with E-state index in [0.717, 1.165) is 4.90 Å². The van der Waals surface area contributed by atoms with Crippen LogP contribution in [0.5, 0.6) is 0 Å². The van der Waals surface area contributed by atoms with E-state index in [4.69, 9.17) is 11.6 Å². The van der Waals surface area contributed by atoms with Gasteiger partial charge in [-0.15, -0.1) is 4.91 Å². The van der Waals surface area contributed by atoms with Crippen LogP contribution in [-0.2, 0) is 0 Å². The standard InChI is InChI=1S/C14H10ClNO2S/c1-9(17)14-12(16-18)3-2-4-13(14)19-11-7-5-10(15)6-8-11/h2-8H,1H3. The van der Waals surface area contributed by atoms with Crippen molar-refractivity contribution in [2.24, 2.45) is 5.18 Å². The minimum Gasteiger partial charge on any atom is -0.294 e. The number of halogens is 1. The summed E-state index contributed by atoms with van der Waals surface area (Å²) in [5.74, 6) is -0.174. The van der Waals surface area contributed by atoms with Crippen molar-refractivity contribution in [1.82, 2.24) is 0 Å². The maximum absolute atomic E-state index is 11.7. The van der Waals surface area contributed by atoms with Crippen molar-refractivity contribution in [2.45, 2.75) is 16.7 Å². The monoisotopic (exact) mass is 291 g/mol. The number of hydrogen-bond acceptors (Lipinski definition) is 4. The largest absolute Gasteiger partial charge is 0.294 e.